The summed E-state index contributed by atoms with van der Waals surface area (Å²) in [7, 11) is 1.81. The second-order valence-corrected chi connectivity index (χ2v) is 6.70. The highest BCUT2D eigenvalue weighted by Crippen LogP contribution is 2.26. The predicted octanol–water partition coefficient (Wildman–Crippen LogP) is 4.38. The summed E-state index contributed by atoms with van der Waals surface area (Å²) in [4.78, 5) is 18.9. The standard InChI is InChI=1S/C19H18N2OS/c1-14(19(22)21(2)16-9-4-3-5-10-16)23-18-13-12-15-8-6-7-11-17(15)20-18/h3-14H,1-2H3. The van der Waals surface area contributed by atoms with E-state index in [1.165, 1.54) is 11.8 Å². The van der Waals surface area contributed by atoms with E-state index in [1.54, 1.807) is 4.90 Å². The Morgan fingerprint density at radius 2 is 1.70 bits per heavy atom. The van der Waals surface area contributed by atoms with E-state index in [2.05, 4.69) is 4.98 Å². The van der Waals surface area contributed by atoms with Gasteiger partial charge in [0.1, 0.15) is 0 Å². The van der Waals surface area contributed by atoms with Crippen molar-refractivity contribution in [3.05, 3.63) is 66.7 Å². The molecule has 4 heteroatoms. The Hall–Kier alpha value is -2.33. The van der Waals surface area contributed by atoms with Crippen molar-refractivity contribution >= 4 is 34.3 Å². The molecule has 0 saturated carbocycles. The largest absolute Gasteiger partial charge is 0.315 e. The highest BCUT2D eigenvalue weighted by atomic mass is 32.2. The van der Waals surface area contributed by atoms with Crippen LogP contribution in [0.5, 0.6) is 0 Å². The van der Waals surface area contributed by atoms with Gasteiger partial charge in [-0.15, -0.1) is 0 Å². The molecule has 0 bridgehead atoms. The molecular formula is C19H18N2OS. The second kappa shape index (κ2) is 6.84. The van der Waals surface area contributed by atoms with Gasteiger partial charge in [0.05, 0.1) is 15.8 Å². The lowest BCUT2D eigenvalue weighted by Crippen LogP contribution is -2.33. The number of fused-ring (bicyclic) bond motifs is 1. The number of rotatable bonds is 4. The van der Waals surface area contributed by atoms with Crippen LogP contribution >= 0.6 is 11.8 Å². The highest BCUT2D eigenvalue weighted by Gasteiger charge is 2.20. The number of hydrogen-bond acceptors (Lipinski definition) is 3. The number of hydrogen-bond donors (Lipinski definition) is 0. The van der Waals surface area contributed by atoms with Gasteiger partial charge < -0.3 is 4.90 Å². The van der Waals surface area contributed by atoms with Crippen molar-refractivity contribution in [1.82, 2.24) is 4.98 Å². The van der Waals surface area contributed by atoms with Gasteiger partial charge in [-0.05, 0) is 31.2 Å². The van der Waals surface area contributed by atoms with Crippen molar-refractivity contribution in [2.45, 2.75) is 17.2 Å². The fraction of sp³-hybridized carbons (Fsp3) is 0.158. The van der Waals surface area contributed by atoms with Crippen LogP contribution in [0.2, 0.25) is 0 Å². The van der Waals surface area contributed by atoms with Gasteiger partial charge in [-0.1, -0.05) is 54.2 Å². The Bertz CT molecular complexity index is 820. The minimum absolute atomic E-state index is 0.0659. The van der Waals surface area contributed by atoms with Crippen molar-refractivity contribution in [2.75, 3.05) is 11.9 Å². The van der Waals surface area contributed by atoms with Crippen LogP contribution in [0.1, 0.15) is 6.92 Å². The molecule has 1 heterocycles. The molecule has 3 rings (SSSR count). The molecule has 0 fully saturated rings. The Labute approximate surface area is 140 Å². The maximum Gasteiger partial charge on any atom is 0.239 e. The van der Waals surface area contributed by atoms with Gasteiger partial charge >= 0.3 is 0 Å². The third kappa shape index (κ3) is 3.54. The van der Waals surface area contributed by atoms with Crippen LogP contribution in [0.4, 0.5) is 5.69 Å². The van der Waals surface area contributed by atoms with E-state index in [1.807, 2.05) is 80.7 Å². The summed E-state index contributed by atoms with van der Waals surface area (Å²) in [6.07, 6.45) is 0. The lowest BCUT2D eigenvalue weighted by Gasteiger charge is -2.21. The molecule has 0 aliphatic rings. The maximum atomic E-state index is 12.6. The molecule has 116 valence electrons. The number of nitrogens with zero attached hydrogens (tertiary/aromatic N) is 2. The van der Waals surface area contributed by atoms with Crippen LogP contribution < -0.4 is 4.90 Å². The van der Waals surface area contributed by atoms with E-state index in [0.717, 1.165) is 21.6 Å². The lowest BCUT2D eigenvalue weighted by atomic mass is 10.2. The first-order chi connectivity index (χ1) is 11.1. The average Bonchev–Trinajstić information content (AvgIpc) is 2.61. The minimum Gasteiger partial charge on any atom is -0.315 e. The first kappa shape index (κ1) is 15.6. The summed E-state index contributed by atoms with van der Waals surface area (Å²) in [6, 6.07) is 21.7. The summed E-state index contributed by atoms with van der Waals surface area (Å²) in [5.41, 5.74) is 1.85. The van der Waals surface area contributed by atoms with Gasteiger partial charge in [-0.3, -0.25) is 4.79 Å². The van der Waals surface area contributed by atoms with Crippen molar-refractivity contribution in [3.8, 4) is 0 Å². The molecule has 3 aromatic rings. The highest BCUT2D eigenvalue weighted by molar-refractivity contribution is 8.00. The molecule has 0 aliphatic carbocycles. The van der Waals surface area contributed by atoms with Crippen LogP contribution in [-0.2, 0) is 4.79 Å². The quantitative estimate of drug-likeness (QED) is 0.668. The summed E-state index contributed by atoms with van der Waals surface area (Å²) < 4.78 is 0. The zero-order valence-electron chi connectivity index (χ0n) is 13.1. The van der Waals surface area contributed by atoms with Crippen molar-refractivity contribution in [2.24, 2.45) is 0 Å². The zero-order valence-corrected chi connectivity index (χ0v) is 14.0. The normalized spacial score (nSPS) is 12.1. The van der Waals surface area contributed by atoms with E-state index in [-0.39, 0.29) is 11.2 Å². The molecule has 0 radical (unpaired) electrons. The Morgan fingerprint density at radius 1 is 1.00 bits per heavy atom. The number of anilines is 1. The first-order valence-corrected chi connectivity index (χ1v) is 8.38. The molecule has 3 nitrogen and oxygen atoms in total. The third-order valence-electron chi connectivity index (χ3n) is 3.69. The number of carbonyl (C=O) groups is 1. The van der Waals surface area contributed by atoms with Crippen molar-refractivity contribution in [3.63, 3.8) is 0 Å². The molecule has 2 aromatic carbocycles. The monoisotopic (exact) mass is 322 g/mol. The number of carbonyl (C=O) groups excluding carboxylic acids is 1. The van der Waals surface area contributed by atoms with Crippen LogP contribution in [-0.4, -0.2) is 23.2 Å². The van der Waals surface area contributed by atoms with Crippen LogP contribution in [0, 0.1) is 0 Å². The molecule has 1 aromatic heterocycles. The number of para-hydroxylation sites is 2. The zero-order chi connectivity index (χ0) is 16.2. The fourth-order valence-electron chi connectivity index (χ4n) is 2.40. The van der Waals surface area contributed by atoms with E-state index in [4.69, 9.17) is 0 Å². The topological polar surface area (TPSA) is 33.2 Å². The van der Waals surface area contributed by atoms with E-state index < -0.39 is 0 Å². The van der Waals surface area contributed by atoms with Gasteiger partial charge in [-0.25, -0.2) is 4.98 Å². The number of thioether (sulfide) groups is 1. The predicted molar refractivity (Wildman–Crippen MR) is 96.9 cm³/mol. The van der Waals surface area contributed by atoms with E-state index in [0.29, 0.717) is 0 Å². The van der Waals surface area contributed by atoms with Gasteiger partial charge in [-0.2, -0.15) is 0 Å². The van der Waals surface area contributed by atoms with Gasteiger partial charge in [0, 0.05) is 18.1 Å². The van der Waals surface area contributed by atoms with Gasteiger partial charge in [0.25, 0.3) is 0 Å². The average molecular weight is 322 g/mol. The molecule has 0 aliphatic heterocycles. The molecule has 1 unspecified atom stereocenters. The molecule has 23 heavy (non-hydrogen) atoms. The molecule has 1 atom stereocenters. The number of amides is 1. The smallest absolute Gasteiger partial charge is 0.239 e. The van der Waals surface area contributed by atoms with Gasteiger partial charge in [0.2, 0.25) is 5.91 Å². The lowest BCUT2D eigenvalue weighted by molar-refractivity contribution is -0.117. The van der Waals surface area contributed by atoms with Crippen LogP contribution in [0.15, 0.2) is 71.8 Å². The fourth-order valence-corrected chi connectivity index (χ4v) is 3.31. The second-order valence-electron chi connectivity index (χ2n) is 5.34. The molecule has 0 N–H and O–H groups in total. The third-order valence-corrected chi connectivity index (χ3v) is 4.72. The van der Waals surface area contributed by atoms with E-state index in [9.17, 15) is 4.79 Å². The van der Waals surface area contributed by atoms with Crippen molar-refractivity contribution in [1.29, 1.82) is 0 Å². The molecule has 0 spiro atoms. The Balaban J connectivity index is 1.74. The van der Waals surface area contributed by atoms with Crippen molar-refractivity contribution < 1.29 is 4.79 Å². The summed E-state index contributed by atoms with van der Waals surface area (Å²) in [5.74, 6) is 0.0659. The first-order valence-electron chi connectivity index (χ1n) is 7.50. The maximum absolute atomic E-state index is 12.6. The Morgan fingerprint density at radius 3 is 2.48 bits per heavy atom. The summed E-state index contributed by atoms with van der Waals surface area (Å²) in [6.45, 7) is 1.92. The molecule has 1 amide bonds. The van der Waals surface area contributed by atoms with Crippen LogP contribution in [0.25, 0.3) is 10.9 Å². The SMILES string of the molecule is CC(Sc1ccc2ccccc2n1)C(=O)N(C)c1ccccc1. The summed E-state index contributed by atoms with van der Waals surface area (Å²) >= 11 is 1.49. The Kier molecular flexibility index (Phi) is 4.63. The van der Waals surface area contributed by atoms with Crippen LogP contribution in [0.3, 0.4) is 0 Å². The summed E-state index contributed by atoms with van der Waals surface area (Å²) in [5, 5.41) is 1.78. The number of aromatic nitrogens is 1. The van der Waals surface area contributed by atoms with Gasteiger partial charge in [0.15, 0.2) is 0 Å². The van der Waals surface area contributed by atoms with E-state index >= 15 is 0 Å². The molecular weight excluding hydrogens is 304 g/mol. The molecule has 0 saturated heterocycles. The number of pyridine rings is 1. The number of benzene rings is 2. The minimum atomic E-state index is -0.200.